The SMILES string of the molecule is COc1ccccc1P1C2CC(C)C1CC2C. The van der Waals surface area contributed by atoms with Crippen LogP contribution in [-0.2, 0) is 0 Å². The minimum atomic E-state index is 0.0181. The standard InChI is InChI=1S/C15H21OP/c1-10-8-15-11(2)9-14(10)17(15)13-7-5-4-6-12(13)16-3/h4-7,10-11,14-15H,8-9H2,1-3H3. The van der Waals surface area contributed by atoms with Gasteiger partial charge in [0.2, 0.25) is 0 Å². The van der Waals surface area contributed by atoms with E-state index in [1.807, 2.05) is 0 Å². The van der Waals surface area contributed by atoms with Gasteiger partial charge < -0.3 is 4.74 Å². The summed E-state index contributed by atoms with van der Waals surface area (Å²) in [5, 5.41) is 1.52. The Labute approximate surface area is 105 Å². The summed E-state index contributed by atoms with van der Waals surface area (Å²) in [5.74, 6) is 2.97. The number of methoxy groups -OCH3 is 1. The third kappa shape index (κ3) is 1.71. The van der Waals surface area contributed by atoms with Gasteiger partial charge in [-0.1, -0.05) is 40.0 Å². The number of hydrogen-bond acceptors (Lipinski definition) is 1. The molecule has 2 saturated heterocycles. The number of rotatable bonds is 2. The molecule has 1 aromatic carbocycles. The molecular formula is C15H21OP. The van der Waals surface area contributed by atoms with E-state index in [-0.39, 0.29) is 7.92 Å². The normalized spacial score (nSPS) is 39.6. The van der Waals surface area contributed by atoms with Gasteiger partial charge in [-0.15, -0.1) is 0 Å². The smallest absolute Gasteiger partial charge is 0.126 e. The summed E-state index contributed by atoms with van der Waals surface area (Å²) in [5.41, 5.74) is 1.89. The first-order chi connectivity index (χ1) is 8.22. The van der Waals surface area contributed by atoms with Crippen LogP contribution >= 0.6 is 7.92 Å². The van der Waals surface area contributed by atoms with Crippen molar-refractivity contribution >= 4 is 13.2 Å². The fraction of sp³-hybridized carbons (Fsp3) is 0.600. The molecule has 1 nitrogen and oxygen atoms in total. The Kier molecular flexibility index (Phi) is 2.91. The van der Waals surface area contributed by atoms with E-state index in [4.69, 9.17) is 4.74 Å². The second-order valence-electron chi connectivity index (χ2n) is 5.64. The molecule has 0 aromatic heterocycles. The van der Waals surface area contributed by atoms with Crippen LogP contribution in [0.3, 0.4) is 0 Å². The zero-order chi connectivity index (χ0) is 12.0. The summed E-state index contributed by atoms with van der Waals surface area (Å²) in [6, 6.07) is 8.70. The van der Waals surface area contributed by atoms with Crippen molar-refractivity contribution in [1.82, 2.24) is 0 Å². The van der Waals surface area contributed by atoms with Gasteiger partial charge in [-0.05, 0) is 42.1 Å². The summed E-state index contributed by atoms with van der Waals surface area (Å²) in [6.07, 6.45) is 2.88. The van der Waals surface area contributed by atoms with Crippen molar-refractivity contribution in [2.45, 2.75) is 38.0 Å². The molecule has 2 bridgehead atoms. The van der Waals surface area contributed by atoms with Gasteiger partial charge in [0.05, 0.1) is 7.11 Å². The van der Waals surface area contributed by atoms with E-state index in [1.54, 1.807) is 7.11 Å². The van der Waals surface area contributed by atoms with E-state index in [9.17, 15) is 0 Å². The van der Waals surface area contributed by atoms with Crippen molar-refractivity contribution in [3.63, 3.8) is 0 Å². The van der Waals surface area contributed by atoms with Gasteiger partial charge in [-0.3, -0.25) is 0 Å². The molecule has 4 unspecified atom stereocenters. The predicted octanol–water partition coefficient (Wildman–Crippen LogP) is 3.62. The van der Waals surface area contributed by atoms with Crippen LogP contribution in [-0.4, -0.2) is 18.4 Å². The molecule has 0 N–H and O–H groups in total. The first-order valence-corrected chi connectivity index (χ1v) is 8.11. The molecule has 0 radical (unpaired) electrons. The molecule has 2 heterocycles. The van der Waals surface area contributed by atoms with Gasteiger partial charge in [0, 0.05) is 5.30 Å². The van der Waals surface area contributed by atoms with Crippen LogP contribution < -0.4 is 10.0 Å². The molecule has 0 aliphatic carbocycles. The molecule has 0 spiro atoms. The van der Waals surface area contributed by atoms with Crippen LogP contribution in [0.1, 0.15) is 26.7 Å². The average Bonchev–Trinajstić information content (AvgIpc) is 2.82. The lowest BCUT2D eigenvalue weighted by Crippen LogP contribution is -2.18. The first-order valence-electron chi connectivity index (χ1n) is 6.63. The van der Waals surface area contributed by atoms with Gasteiger partial charge in [-0.25, -0.2) is 0 Å². The number of para-hydroxylation sites is 1. The van der Waals surface area contributed by atoms with Crippen molar-refractivity contribution < 1.29 is 4.74 Å². The predicted molar refractivity (Wildman–Crippen MR) is 74.7 cm³/mol. The fourth-order valence-corrected chi connectivity index (χ4v) is 8.11. The van der Waals surface area contributed by atoms with Crippen LogP contribution in [0.15, 0.2) is 24.3 Å². The van der Waals surface area contributed by atoms with Gasteiger partial charge in [0.15, 0.2) is 0 Å². The van der Waals surface area contributed by atoms with E-state index < -0.39 is 0 Å². The van der Waals surface area contributed by atoms with Gasteiger partial charge >= 0.3 is 0 Å². The Morgan fingerprint density at radius 2 is 1.65 bits per heavy atom. The molecule has 1 aromatic rings. The molecule has 0 saturated carbocycles. The van der Waals surface area contributed by atoms with Crippen molar-refractivity contribution in [2.75, 3.05) is 7.11 Å². The summed E-state index contributed by atoms with van der Waals surface area (Å²) in [7, 11) is 1.82. The molecule has 2 aliphatic rings. The van der Waals surface area contributed by atoms with Crippen LogP contribution in [0.2, 0.25) is 0 Å². The Bertz CT molecular complexity index is 401. The van der Waals surface area contributed by atoms with Crippen molar-refractivity contribution in [2.24, 2.45) is 11.8 Å². The maximum absolute atomic E-state index is 5.57. The van der Waals surface area contributed by atoms with Crippen molar-refractivity contribution in [3.8, 4) is 5.75 Å². The second-order valence-corrected chi connectivity index (χ2v) is 8.26. The third-order valence-corrected chi connectivity index (χ3v) is 8.41. The van der Waals surface area contributed by atoms with Gasteiger partial charge in [0.1, 0.15) is 5.75 Å². The van der Waals surface area contributed by atoms with Crippen molar-refractivity contribution in [1.29, 1.82) is 0 Å². The summed E-state index contributed by atoms with van der Waals surface area (Å²) < 4.78 is 5.57. The summed E-state index contributed by atoms with van der Waals surface area (Å²) in [4.78, 5) is 0. The second kappa shape index (κ2) is 4.28. The van der Waals surface area contributed by atoms with Crippen LogP contribution in [0.25, 0.3) is 0 Å². The van der Waals surface area contributed by atoms with Gasteiger partial charge in [0.25, 0.3) is 0 Å². The highest BCUT2D eigenvalue weighted by Crippen LogP contribution is 2.67. The minimum Gasteiger partial charge on any atom is -0.496 e. The van der Waals surface area contributed by atoms with Crippen LogP contribution in [0.5, 0.6) is 5.75 Å². The summed E-state index contributed by atoms with van der Waals surface area (Å²) in [6.45, 7) is 4.89. The van der Waals surface area contributed by atoms with Gasteiger partial charge in [-0.2, -0.15) is 0 Å². The van der Waals surface area contributed by atoms with Crippen molar-refractivity contribution in [3.05, 3.63) is 24.3 Å². The fourth-order valence-electron chi connectivity index (χ4n) is 3.76. The number of fused-ring (bicyclic) bond motifs is 2. The lowest BCUT2D eigenvalue weighted by atomic mass is 9.84. The lowest BCUT2D eigenvalue weighted by Gasteiger charge is -2.20. The molecular weight excluding hydrogens is 227 g/mol. The van der Waals surface area contributed by atoms with Crippen LogP contribution in [0.4, 0.5) is 0 Å². The Balaban J connectivity index is 1.99. The maximum atomic E-state index is 5.57. The molecule has 4 atom stereocenters. The lowest BCUT2D eigenvalue weighted by molar-refractivity contribution is 0.365. The molecule has 92 valence electrons. The molecule has 2 aliphatic heterocycles. The number of ether oxygens (including phenoxy) is 1. The van der Waals surface area contributed by atoms with E-state index in [0.717, 1.165) is 28.9 Å². The topological polar surface area (TPSA) is 9.23 Å². The zero-order valence-corrected chi connectivity index (χ0v) is 11.8. The molecule has 2 heteroatoms. The summed E-state index contributed by atoms with van der Waals surface area (Å²) >= 11 is 0. The number of hydrogen-bond donors (Lipinski definition) is 0. The zero-order valence-electron chi connectivity index (χ0n) is 10.9. The monoisotopic (exact) mass is 248 g/mol. The minimum absolute atomic E-state index is 0.0181. The van der Waals surface area contributed by atoms with E-state index >= 15 is 0 Å². The first kappa shape index (κ1) is 11.5. The maximum Gasteiger partial charge on any atom is 0.126 e. The van der Waals surface area contributed by atoms with Crippen LogP contribution in [0, 0.1) is 11.8 Å². The largest absolute Gasteiger partial charge is 0.496 e. The highest BCUT2D eigenvalue weighted by molar-refractivity contribution is 7.68. The average molecular weight is 248 g/mol. The highest BCUT2D eigenvalue weighted by Gasteiger charge is 2.50. The molecule has 3 rings (SSSR count). The Morgan fingerprint density at radius 3 is 2.24 bits per heavy atom. The molecule has 0 amide bonds. The van der Waals surface area contributed by atoms with E-state index in [1.165, 1.54) is 18.1 Å². The molecule has 2 fully saturated rings. The highest BCUT2D eigenvalue weighted by atomic mass is 31.1. The third-order valence-electron chi connectivity index (χ3n) is 4.62. The van der Waals surface area contributed by atoms with E-state index in [2.05, 4.69) is 38.1 Å². The quantitative estimate of drug-likeness (QED) is 0.726. The number of benzene rings is 1. The van der Waals surface area contributed by atoms with E-state index in [0.29, 0.717) is 0 Å². The Hall–Kier alpha value is -0.550. The Morgan fingerprint density at radius 1 is 1.06 bits per heavy atom. The molecule has 17 heavy (non-hydrogen) atoms.